The smallest absolute Gasteiger partial charge is 0.310 e. The van der Waals surface area contributed by atoms with Crippen LogP contribution in [0.15, 0.2) is 54.6 Å². The van der Waals surface area contributed by atoms with E-state index in [0.29, 0.717) is 6.61 Å². The van der Waals surface area contributed by atoms with E-state index < -0.39 is 0 Å². The van der Waals surface area contributed by atoms with Crippen molar-refractivity contribution in [2.75, 3.05) is 5.32 Å². The second-order valence-corrected chi connectivity index (χ2v) is 7.71. The van der Waals surface area contributed by atoms with E-state index in [1.165, 1.54) is 0 Å². The lowest BCUT2D eigenvalue weighted by molar-refractivity contribution is -0.145. The second-order valence-electron chi connectivity index (χ2n) is 7.71. The zero-order valence-corrected chi connectivity index (χ0v) is 14.8. The number of nitrogens with one attached hydrogen (secondary N) is 1. The van der Waals surface area contributed by atoms with Crippen molar-refractivity contribution in [1.82, 2.24) is 0 Å². The zero-order valence-electron chi connectivity index (χ0n) is 14.8. The summed E-state index contributed by atoms with van der Waals surface area (Å²) >= 11 is 0. The first-order valence-electron chi connectivity index (χ1n) is 9.47. The number of ether oxygens (including phenoxy) is 2. The fourth-order valence-corrected chi connectivity index (χ4v) is 4.96. The van der Waals surface area contributed by atoms with Gasteiger partial charge in [-0.1, -0.05) is 30.3 Å². The van der Waals surface area contributed by atoms with Gasteiger partial charge in [-0.25, -0.2) is 0 Å². The van der Waals surface area contributed by atoms with Crippen LogP contribution < -0.4 is 10.1 Å². The summed E-state index contributed by atoms with van der Waals surface area (Å²) in [4.78, 5) is 24.9. The molecule has 5 atom stereocenters. The number of amides is 1. The monoisotopic (exact) mass is 363 g/mol. The largest absolute Gasteiger partial charge is 0.489 e. The maximum Gasteiger partial charge on any atom is 0.310 e. The molecule has 5 rings (SSSR count). The molecule has 1 aliphatic heterocycles. The van der Waals surface area contributed by atoms with E-state index in [0.717, 1.165) is 29.8 Å². The Labute approximate surface area is 157 Å². The molecule has 5 heteroatoms. The van der Waals surface area contributed by atoms with E-state index in [-0.39, 0.29) is 41.7 Å². The summed E-state index contributed by atoms with van der Waals surface area (Å²) in [6.45, 7) is 0.503. The van der Waals surface area contributed by atoms with Gasteiger partial charge in [-0.3, -0.25) is 9.59 Å². The molecule has 2 saturated carbocycles. The molecule has 0 spiro atoms. The third-order valence-corrected chi connectivity index (χ3v) is 6.16. The lowest BCUT2D eigenvalue weighted by Crippen LogP contribution is -2.35. The van der Waals surface area contributed by atoms with Gasteiger partial charge in [0.1, 0.15) is 18.5 Å². The number of rotatable bonds is 5. The van der Waals surface area contributed by atoms with Crippen molar-refractivity contribution in [3.05, 3.63) is 60.2 Å². The summed E-state index contributed by atoms with van der Waals surface area (Å²) in [6.07, 6.45) is 1.82. The van der Waals surface area contributed by atoms with Crippen LogP contribution in [-0.2, 0) is 20.9 Å². The average molecular weight is 363 g/mol. The van der Waals surface area contributed by atoms with E-state index in [4.69, 9.17) is 9.47 Å². The summed E-state index contributed by atoms with van der Waals surface area (Å²) in [7, 11) is 0. The number of esters is 1. The molecule has 0 radical (unpaired) electrons. The van der Waals surface area contributed by atoms with Gasteiger partial charge in [0, 0.05) is 11.6 Å². The van der Waals surface area contributed by atoms with Crippen LogP contribution in [-0.4, -0.2) is 18.0 Å². The molecule has 2 bridgehead atoms. The van der Waals surface area contributed by atoms with E-state index in [1.807, 2.05) is 54.6 Å². The van der Waals surface area contributed by atoms with Crippen molar-refractivity contribution in [3.8, 4) is 5.75 Å². The molecule has 1 N–H and O–H groups in total. The summed E-state index contributed by atoms with van der Waals surface area (Å²) in [5, 5.41) is 2.97. The first kappa shape index (κ1) is 16.4. The van der Waals surface area contributed by atoms with Crippen LogP contribution >= 0.6 is 0 Å². The predicted octanol–water partition coefficient (Wildman–Crippen LogP) is 3.40. The number of hydrogen-bond donors (Lipinski definition) is 1. The van der Waals surface area contributed by atoms with Gasteiger partial charge >= 0.3 is 5.97 Å². The molecule has 0 aromatic heterocycles. The first-order chi connectivity index (χ1) is 13.2. The van der Waals surface area contributed by atoms with E-state index >= 15 is 0 Å². The maximum absolute atomic E-state index is 12.8. The first-order valence-corrected chi connectivity index (χ1v) is 9.47. The minimum Gasteiger partial charge on any atom is -0.489 e. The number of carbonyl (C=O) groups excluding carboxylic acids is 2. The molecule has 2 aliphatic carbocycles. The Morgan fingerprint density at radius 2 is 1.85 bits per heavy atom. The molecular formula is C22H21NO4. The fraction of sp³-hybridized carbons (Fsp3) is 0.364. The van der Waals surface area contributed by atoms with Crippen molar-refractivity contribution in [3.63, 3.8) is 0 Å². The minimum absolute atomic E-state index is 0.0533. The molecule has 5 nitrogen and oxygen atoms in total. The van der Waals surface area contributed by atoms with Gasteiger partial charge in [-0.05, 0) is 48.6 Å². The van der Waals surface area contributed by atoms with Gasteiger partial charge in [0.05, 0.1) is 11.8 Å². The standard InChI is InChI=1S/C22H21NO4/c24-21(19-14-10-17-18(11-14)27-22(25)20(17)19)23-15-6-8-16(9-7-15)26-12-13-4-2-1-3-5-13/h1-9,14,17-20H,10-12H2,(H,23,24)/t14-,17+,18-,19-,20-/m0/s1. The topological polar surface area (TPSA) is 64.6 Å². The Morgan fingerprint density at radius 3 is 2.63 bits per heavy atom. The quantitative estimate of drug-likeness (QED) is 0.827. The lowest BCUT2D eigenvalue weighted by atomic mass is 9.79. The van der Waals surface area contributed by atoms with Gasteiger partial charge < -0.3 is 14.8 Å². The molecule has 1 saturated heterocycles. The highest BCUT2D eigenvalue weighted by atomic mass is 16.6. The molecule has 1 amide bonds. The highest BCUT2D eigenvalue weighted by molar-refractivity contribution is 5.97. The normalized spacial score (nSPS) is 30.2. The summed E-state index contributed by atoms with van der Waals surface area (Å²) < 4.78 is 11.2. The number of hydrogen-bond acceptors (Lipinski definition) is 4. The average Bonchev–Trinajstić information content (AvgIpc) is 3.31. The van der Waals surface area contributed by atoms with Crippen LogP contribution in [0.5, 0.6) is 5.75 Å². The third kappa shape index (κ3) is 2.87. The Balaban J connectivity index is 1.21. The van der Waals surface area contributed by atoms with Crippen LogP contribution in [0, 0.1) is 23.7 Å². The molecule has 138 valence electrons. The maximum atomic E-state index is 12.8. The van der Waals surface area contributed by atoms with Crippen LogP contribution in [0.4, 0.5) is 5.69 Å². The zero-order chi connectivity index (χ0) is 18.4. The highest BCUT2D eigenvalue weighted by Crippen LogP contribution is 2.57. The summed E-state index contributed by atoms with van der Waals surface area (Å²) in [6, 6.07) is 17.3. The van der Waals surface area contributed by atoms with Gasteiger partial charge in [0.25, 0.3) is 0 Å². The number of carbonyl (C=O) groups is 2. The molecule has 27 heavy (non-hydrogen) atoms. The number of benzene rings is 2. The number of fused-ring (bicyclic) bond motifs is 1. The van der Waals surface area contributed by atoms with Crippen LogP contribution in [0.1, 0.15) is 18.4 Å². The third-order valence-electron chi connectivity index (χ3n) is 6.16. The van der Waals surface area contributed by atoms with Gasteiger partial charge in [-0.15, -0.1) is 0 Å². The molecular weight excluding hydrogens is 342 g/mol. The van der Waals surface area contributed by atoms with Crippen LogP contribution in [0.25, 0.3) is 0 Å². The van der Waals surface area contributed by atoms with Gasteiger partial charge in [0.2, 0.25) is 5.91 Å². The molecule has 3 fully saturated rings. The Kier molecular flexibility index (Phi) is 3.88. The van der Waals surface area contributed by atoms with E-state index in [1.54, 1.807) is 0 Å². The minimum atomic E-state index is -0.254. The Morgan fingerprint density at radius 1 is 1.07 bits per heavy atom. The number of anilines is 1. The van der Waals surface area contributed by atoms with Crippen molar-refractivity contribution in [1.29, 1.82) is 0 Å². The van der Waals surface area contributed by atoms with Gasteiger partial charge in [0.15, 0.2) is 0 Å². The van der Waals surface area contributed by atoms with Crippen LogP contribution in [0.3, 0.4) is 0 Å². The highest BCUT2D eigenvalue weighted by Gasteiger charge is 2.63. The SMILES string of the molecule is O=C(Nc1ccc(OCc2ccccc2)cc1)[C@H]1[C@H]2C[C@H]3[C@@H]1C(=O)O[C@H]3C2. The molecule has 0 unspecified atom stereocenters. The van der Waals surface area contributed by atoms with Crippen molar-refractivity contribution < 1.29 is 19.1 Å². The Bertz CT molecular complexity index is 862. The van der Waals surface area contributed by atoms with Crippen molar-refractivity contribution in [2.45, 2.75) is 25.6 Å². The molecule has 2 aromatic rings. The summed E-state index contributed by atoms with van der Waals surface area (Å²) in [5.74, 6) is 0.506. The molecule has 2 aromatic carbocycles. The van der Waals surface area contributed by atoms with E-state index in [2.05, 4.69) is 5.32 Å². The van der Waals surface area contributed by atoms with Crippen LogP contribution in [0.2, 0.25) is 0 Å². The molecule has 1 heterocycles. The second kappa shape index (κ2) is 6.41. The fourth-order valence-electron chi connectivity index (χ4n) is 4.96. The predicted molar refractivity (Wildman–Crippen MR) is 98.9 cm³/mol. The lowest BCUT2D eigenvalue weighted by Gasteiger charge is -2.23. The Hall–Kier alpha value is -2.82. The van der Waals surface area contributed by atoms with Crippen molar-refractivity contribution >= 4 is 17.6 Å². The van der Waals surface area contributed by atoms with E-state index in [9.17, 15) is 9.59 Å². The van der Waals surface area contributed by atoms with Crippen molar-refractivity contribution in [2.24, 2.45) is 23.7 Å². The summed E-state index contributed by atoms with van der Waals surface area (Å²) in [5.41, 5.74) is 1.82. The van der Waals surface area contributed by atoms with Gasteiger partial charge in [-0.2, -0.15) is 0 Å². The molecule has 3 aliphatic rings.